The van der Waals surface area contributed by atoms with Gasteiger partial charge in [0.2, 0.25) is 0 Å². The Labute approximate surface area is 369 Å². The monoisotopic (exact) mass is 985 g/mol. The van der Waals surface area contributed by atoms with Gasteiger partial charge in [0.1, 0.15) is 39.3 Å². The van der Waals surface area contributed by atoms with Crippen molar-refractivity contribution in [2.45, 2.75) is 55.1 Å². The van der Waals surface area contributed by atoms with E-state index < -0.39 is 161 Å². The van der Waals surface area contributed by atoms with Gasteiger partial charge in [-0.2, -0.15) is 0 Å². The van der Waals surface area contributed by atoms with Crippen molar-refractivity contribution in [1.29, 1.82) is 0 Å². The first-order valence-corrected chi connectivity index (χ1v) is 16.1. The van der Waals surface area contributed by atoms with Crippen LogP contribution in [0.15, 0.2) is 0 Å². The molecule has 0 heterocycles. The maximum atomic E-state index is 11.2. The fourth-order valence-corrected chi connectivity index (χ4v) is 7.15. The first-order chi connectivity index (χ1) is 25.9. The molecule has 3 aliphatic carbocycles. The van der Waals surface area contributed by atoms with Gasteiger partial charge in [0.25, 0.3) is 0 Å². The molecule has 0 unspecified atom stereocenters. The summed E-state index contributed by atoms with van der Waals surface area (Å²) in [6.45, 7) is -8.85. The third kappa shape index (κ3) is 15.7. The van der Waals surface area contributed by atoms with E-state index >= 15 is 0 Å². The van der Waals surface area contributed by atoms with Gasteiger partial charge in [-0.25, -0.2) is 28.8 Å². The van der Waals surface area contributed by atoms with Crippen LogP contribution in [0.2, 0.25) is 0 Å². The molecule has 30 nitrogen and oxygen atoms in total. The van der Waals surface area contributed by atoms with Gasteiger partial charge >= 0.3 is 35.8 Å². The first kappa shape index (κ1) is 65.6. The van der Waals surface area contributed by atoms with Crippen LogP contribution in [0.25, 0.3) is 0 Å². The second-order valence-corrected chi connectivity index (χ2v) is 13.8. The minimum atomic E-state index is -1.71. The molecule has 3 fully saturated rings. The number of hydrogen-bond acceptors (Lipinski definition) is 21. The van der Waals surface area contributed by atoms with Crippen LogP contribution in [0.5, 0.6) is 0 Å². The quantitative estimate of drug-likeness (QED) is 0.0320. The Bertz CT molecular complexity index is 1410. The van der Waals surface area contributed by atoms with Crippen molar-refractivity contribution in [3.05, 3.63) is 0 Å². The van der Waals surface area contributed by atoms with E-state index in [9.17, 15) is 88.2 Å². The molecule has 3 rings (SSSR count). The normalized spacial score (nSPS) is 15.3. The van der Waals surface area contributed by atoms with Crippen molar-refractivity contribution in [3.63, 3.8) is 0 Å². The van der Waals surface area contributed by atoms with Gasteiger partial charge in [-0.1, -0.05) is 0 Å². The fourth-order valence-electron chi connectivity index (χ4n) is 7.15. The van der Waals surface area contributed by atoms with Gasteiger partial charge in [0.05, 0.1) is 35.8 Å². The summed E-state index contributed by atoms with van der Waals surface area (Å²) in [5.74, 6) is -19.0. The SMILES string of the molecule is N.N.N.O=C([O-])C[N+](CC(=O)[O-])(CC(=O)O)C1(C(=O)O)CC1.O=C([O-])C[N+](CC(=O)[O-])(CC(=O)O)C1(C(=O)O)CC1.O=C([O-])C[N+](CC(=O)[O-])(CC(=O)O)C1(C(=O)O)CC1.[Fe].[Fe]. The van der Waals surface area contributed by atoms with Crippen LogP contribution in [0.4, 0.5) is 0 Å². The van der Waals surface area contributed by atoms with Crippen molar-refractivity contribution in [1.82, 2.24) is 18.5 Å². The number of carboxylic acid groups (broad SMARTS) is 12. The molecule has 3 saturated carbocycles. The van der Waals surface area contributed by atoms with Crippen LogP contribution in [-0.4, -0.2) is 191 Å². The van der Waals surface area contributed by atoms with Crippen LogP contribution in [-0.2, 0) is 91.7 Å². The van der Waals surface area contributed by atoms with Gasteiger partial charge in [-0.05, 0) is 0 Å². The molecular formula is C30H45Fe2N6O24-3. The summed E-state index contributed by atoms with van der Waals surface area (Å²) in [6, 6.07) is 0. The maximum absolute atomic E-state index is 11.2. The molecule has 0 saturated heterocycles. The van der Waals surface area contributed by atoms with Crippen molar-refractivity contribution in [2.75, 3.05) is 58.9 Å². The second-order valence-electron chi connectivity index (χ2n) is 13.8. The minimum absolute atomic E-state index is 0. The van der Waals surface area contributed by atoms with Crippen molar-refractivity contribution >= 4 is 71.6 Å². The molecule has 3 aliphatic rings. The number of quaternary nitrogens is 3. The first-order valence-electron chi connectivity index (χ1n) is 16.1. The Hall–Kier alpha value is -5.56. The molecule has 0 amide bonds. The standard InChI is InChI=1S/3C10H13NO8.2Fe.3H3N/c3*12-6(13)3-11(4-7(14)15,5-8(16)17)10(1-2-10)9(18)19;;;;;/h3*1-5H2,(H3-,12,13,14,15,16,17,18,19);;;3*1H3/p-3. The topological polar surface area (TPSA) is 570 Å². The molecular weight excluding hydrogens is 940 g/mol. The molecule has 32 heteroatoms. The van der Waals surface area contributed by atoms with Crippen LogP contribution in [0.1, 0.15) is 38.5 Å². The zero-order valence-electron chi connectivity index (χ0n) is 32.3. The number of nitrogens with zero attached hydrogens (tertiary/aromatic N) is 3. The average molecular weight is 985 g/mol. The van der Waals surface area contributed by atoms with E-state index in [1.54, 1.807) is 0 Å². The van der Waals surface area contributed by atoms with E-state index in [4.69, 9.17) is 30.6 Å². The molecule has 15 N–H and O–H groups in total. The van der Waals surface area contributed by atoms with Crippen LogP contribution < -0.4 is 49.1 Å². The number of carbonyl (C=O) groups excluding carboxylic acids is 6. The van der Waals surface area contributed by atoms with Gasteiger partial charge < -0.3 is 108 Å². The smallest absolute Gasteiger partial charge is 0.365 e. The summed E-state index contributed by atoms with van der Waals surface area (Å²) in [6.07, 6.45) is 0.0606. The van der Waals surface area contributed by atoms with Crippen molar-refractivity contribution in [2.24, 2.45) is 0 Å². The second kappa shape index (κ2) is 24.8. The number of aliphatic carboxylic acids is 12. The largest absolute Gasteiger partial charge is 0.544 e. The summed E-state index contributed by atoms with van der Waals surface area (Å²) >= 11 is 0. The number of carboxylic acids is 12. The summed E-state index contributed by atoms with van der Waals surface area (Å²) in [4.78, 5) is 131. The maximum Gasteiger partial charge on any atom is 0.365 e. The summed E-state index contributed by atoms with van der Waals surface area (Å²) < 4.78 is -3.41. The fraction of sp³-hybridized carbons (Fsp3) is 0.600. The van der Waals surface area contributed by atoms with Crippen LogP contribution in [0, 0.1) is 0 Å². The van der Waals surface area contributed by atoms with Gasteiger partial charge in [-0.15, -0.1) is 0 Å². The molecule has 0 aromatic heterocycles. The van der Waals surface area contributed by atoms with Gasteiger partial charge in [0, 0.05) is 72.7 Å². The molecule has 358 valence electrons. The van der Waals surface area contributed by atoms with E-state index in [1.807, 2.05) is 0 Å². The summed E-state index contributed by atoms with van der Waals surface area (Å²) in [5.41, 5.74) is -5.13. The van der Waals surface area contributed by atoms with E-state index in [0.717, 1.165) is 0 Å². The predicted octanol–water partition coefficient (Wildman–Crippen LogP) is -11.5. The molecule has 0 radical (unpaired) electrons. The van der Waals surface area contributed by atoms with Crippen molar-refractivity contribution < 1.29 is 166 Å². The zero-order valence-corrected chi connectivity index (χ0v) is 34.5. The number of rotatable bonds is 24. The van der Waals surface area contributed by atoms with E-state index in [0.29, 0.717) is 0 Å². The molecule has 0 bridgehead atoms. The van der Waals surface area contributed by atoms with Gasteiger partial charge in [-0.3, -0.25) is 13.4 Å². The third-order valence-electron chi connectivity index (χ3n) is 9.99. The van der Waals surface area contributed by atoms with Crippen LogP contribution in [0.3, 0.4) is 0 Å². The molecule has 0 aromatic carbocycles. The van der Waals surface area contributed by atoms with Gasteiger partial charge in [0.15, 0.2) is 36.3 Å². The molecule has 0 aromatic rings. The minimum Gasteiger partial charge on any atom is -0.544 e. The average Bonchev–Trinajstić information content (AvgIpc) is 3.86. The Morgan fingerprint density at radius 2 is 0.452 bits per heavy atom. The molecule has 0 aliphatic heterocycles. The summed E-state index contributed by atoms with van der Waals surface area (Å²) in [5, 5.41) is 118. The van der Waals surface area contributed by atoms with Crippen LogP contribution >= 0.6 is 0 Å². The number of hydrogen-bond donors (Lipinski definition) is 9. The molecule has 0 atom stereocenters. The zero-order chi connectivity index (χ0) is 44.5. The Morgan fingerprint density at radius 1 is 0.323 bits per heavy atom. The van der Waals surface area contributed by atoms with Crippen molar-refractivity contribution in [3.8, 4) is 0 Å². The Balaban J connectivity index is -0.000000252. The molecule has 62 heavy (non-hydrogen) atoms. The third-order valence-corrected chi connectivity index (χ3v) is 9.99. The van der Waals surface area contributed by atoms with E-state index in [-0.39, 0.29) is 91.1 Å². The molecule has 0 spiro atoms. The predicted molar refractivity (Wildman–Crippen MR) is 171 cm³/mol. The van der Waals surface area contributed by atoms with E-state index in [2.05, 4.69) is 0 Å². The number of carbonyl (C=O) groups is 12. The van der Waals surface area contributed by atoms with E-state index in [1.165, 1.54) is 0 Å². The Morgan fingerprint density at radius 3 is 0.516 bits per heavy atom. The summed E-state index contributed by atoms with van der Waals surface area (Å²) in [7, 11) is 0. The Kier molecular flexibility index (Phi) is 26.2.